The summed E-state index contributed by atoms with van der Waals surface area (Å²) in [6, 6.07) is 0. The second-order valence-electron chi connectivity index (χ2n) is 5.22. The van der Waals surface area contributed by atoms with E-state index in [2.05, 4.69) is 12.2 Å². The van der Waals surface area contributed by atoms with E-state index in [0.29, 0.717) is 18.3 Å². The first kappa shape index (κ1) is 10.9. The van der Waals surface area contributed by atoms with Crippen molar-refractivity contribution >= 4 is 5.91 Å². The summed E-state index contributed by atoms with van der Waals surface area (Å²) in [4.78, 5) is 11.5. The first-order valence-corrected chi connectivity index (χ1v) is 6.10. The Kier molecular flexibility index (Phi) is 3.01. The standard InChI is InChI=1S/C12H21NO2/c1-9(8-14)10-4-2-6-12(10)7-3-5-11(15)13-12/h9-10,14H,2-8H2,1H3,(H,13,15)/t9-,10+,12+/m0/s1. The maximum Gasteiger partial charge on any atom is 0.220 e. The van der Waals surface area contributed by atoms with Gasteiger partial charge in [-0.25, -0.2) is 0 Å². The van der Waals surface area contributed by atoms with E-state index < -0.39 is 0 Å². The molecule has 2 N–H and O–H groups in total. The van der Waals surface area contributed by atoms with Crippen LogP contribution in [-0.2, 0) is 4.79 Å². The average Bonchev–Trinajstić information content (AvgIpc) is 2.60. The second kappa shape index (κ2) is 4.12. The molecule has 0 radical (unpaired) electrons. The molecule has 2 rings (SSSR count). The zero-order valence-corrected chi connectivity index (χ0v) is 9.46. The highest BCUT2D eigenvalue weighted by Crippen LogP contribution is 2.44. The van der Waals surface area contributed by atoms with Crippen LogP contribution < -0.4 is 5.32 Å². The molecule has 0 aromatic heterocycles. The van der Waals surface area contributed by atoms with Gasteiger partial charge in [0.05, 0.1) is 0 Å². The average molecular weight is 211 g/mol. The lowest BCUT2D eigenvalue weighted by Gasteiger charge is -2.42. The van der Waals surface area contributed by atoms with E-state index in [1.807, 2.05) is 0 Å². The first-order chi connectivity index (χ1) is 7.18. The molecule has 2 aliphatic rings. The Labute approximate surface area is 91.2 Å². The summed E-state index contributed by atoms with van der Waals surface area (Å²) in [6.07, 6.45) is 6.25. The van der Waals surface area contributed by atoms with E-state index in [0.717, 1.165) is 25.7 Å². The molecule has 15 heavy (non-hydrogen) atoms. The number of carbonyl (C=O) groups excluding carboxylic acids is 1. The molecule has 1 aliphatic carbocycles. The summed E-state index contributed by atoms with van der Waals surface area (Å²) < 4.78 is 0. The molecule has 2 fully saturated rings. The van der Waals surface area contributed by atoms with Crippen molar-refractivity contribution in [2.75, 3.05) is 6.61 Å². The van der Waals surface area contributed by atoms with E-state index in [1.165, 1.54) is 6.42 Å². The number of hydrogen-bond acceptors (Lipinski definition) is 2. The lowest BCUT2D eigenvalue weighted by atomic mass is 9.74. The number of aliphatic hydroxyl groups is 1. The van der Waals surface area contributed by atoms with Gasteiger partial charge < -0.3 is 10.4 Å². The van der Waals surface area contributed by atoms with Crippen LogP contribution in [0.2, 0.25) is 0 Å². The van der Waals surface area contributed by atoms with Gasteiger partial charge in [0.15, 0.2) is 0 Å². The highest BCUT2D eigenvalue weighted by Gasteiger charge is 2.46. The van der Waals surface area contributed by atoms with Gasteiger partial charge in [-0.3, -0.25) is 4.79 Å². The SMILES string of the molecule is C[C@@H](CO)[C@H]1CCC[C@@]12CCCC(=O)N2. The minimum absolute atomic E-state index is 0.0253. The van der Waals surface area contributed by atoms with Gasteiger partial charge >= 0.3 is 0 Å². The molecule has 1 aliphatic heterocycles. The molecule has 1 saturated carbocycles. The molecule has 1 amide bonds. The van der Waals surface area contributed by atoms with Crippen molar-refractivity contribution in [1.29, 1.82) is 0 Å². The number of rotatable bonds is 2. The Morgan fingerprint density at radius 1 is 1.53 bits per heavy atom. The van der Waals surface area contributed by atoms with Crippen molar-refractivity contribution in [3.05, 3.63) is 0 Å². The Bertz CT molecular complexity index is 254. The van der Waals surface area contributed by atoms with Crippen LogP contribution in [0.1, 0.15) is 45.4 Å². The van der Waals surface area contributed by atoms with Crippen LogP contribution >= 0.6 is 0 Å². The topological polar surface area (TPSA) is 49.3 Å². The van der Waals surface area contributed by atoms with Crippen molar-refractivity contribution in [3.8, 4) is 0 Å². The Hall–Kier alpha value is -0.570. The highest BCUT2D eigenvalue weighted by atomic mass is 16.3. The third kappa shape index (κ3) is 1.89. The minimum atomic E-state index is 0.0253. The lowest BCUT2D eigenvalue weighted by molar-refractivity contribution is -0.126. The van der Waals surface area contributed by atoms with Crippen molar-refractivity contribution in [1.82, 2.24) is 5.32 Å². The van der Waals surface area contributed by atoms with Crippen LogP contribution in [0.15, 0.2) is 0 Å². The van der Waals surface area contributed by atoms with E-state index in [4.69, 9.17) is 0 Å². The molecule has 3 nitrogen and oxygen atoms in total. The Morgan fingerprint density at radius 3 is 2.93 bits per heavy atom. The van der Waals surface area contributed by atoms with Crippen LogP contribution in [0.3, 0.4) is 0 Å². The maximum absolute atomic E-state index is 11.5. The third-order valence-corrected chi connectivity index (χ3v) is 4.24. The van der Waals surface area contributed by atoms with E-state index >= 15 is 0 Å². The van der Waals surface area contributed by atoms with E-state index in [-0.39, 0.29) is 18.1 Å². The zero-order chi connectivity index (χ0) is 10.9. The summed E-state index contributed by atoms with van der Waals surface area (Å²) in [5.41, 5.74) is 0.0253. The fraction of sp³-hybridized carbons (Fsp3) is 0.917. The second-order valence-corrected chi connectivity index (χ2v) is 5.22. The number of carbonyl (C=O) groups is 1. The minimum Gasteiger partial charge on any atom is -0.396 e. The molecule has 0 aromatic carbocycles. The molecule has 0 unspecified atom stereocenters. The molecule has 0 bridgehead atoms. The largest absolute Gasteiger partial charge is 0.396 e. The van der Waals surface area contributed by atoms with Crippen molar-refractivity contribution in [2.24, 2.45) is 11.8 Å². The van der Waals surface area contributed by atoms with Crippen LogP contribution in [0, 0.1) is 11.8 Å². The quantitative estimate of drug-likeness (QED) is 0.726. The molecule has 1 heterocycles. The van der Waals surface area contributed by atoms with Crippen LogP contribution in [0.25, 0.3) is 0 Å². The number of aliphatic hydroxyl groups excluding tert-OH is 1. The summed E-state index contributed by atoms with van der Waals surface area (Å²) in [6.45, 7) is 2.33. The molecular formula is C12H21NO2. The van der Waals surface area contributed by atoms with Crippen LogP contribution in [-0.4, -0.2) is 23.2 Å². The predicted molar refractivity (Wildman–Crippen MR) is 58.3 cm³/mol. The number of piperidine rings is 1. The summed E-state index contributed by atoms with van der Waals surface area (Å²) in [5.74, 6) is 0.996. The molecule has 1 spiro atoms. The normalized spacial score (nSPS) is 38.0. The monoisotopic (exact) mass is 211 g/mol. The van der Waals surface area contributed by atoms with Gasteiger partial charge in [0.25, 0.3) is 0 Å². The maximum atomic E-state index is 11.5. The molecular weight excluding hydrogens is 190 g/mol. The summed E-state index contributed by atoms with van der Waals surface area (Å²) in [5, 5.41) is 12.5. The predicted octanol–water partition coefficient (Wildman–Crippen LogP) is 1.45. The Morgan fingerprint density at radius 2 is 2.27 bits per heavy atom. The smallest absolute Gasteiger partial charge is 0.220 e. The zero-order valence-electron chi connectivity index (χ0n) is 9.46. The molecule has 3 heteroatoms. The van der Waals surface area contributed by atoms with Gasteiger partial charge in [0, 0.05) is 18.6 Å². The summed E-state index contributed by atoms with van der Waals surface area (Å²) in [7, 11) is 0. The van der Waals surface area contributed by atoms with Crippen molar-refractivity contribution in [2.45, 2.75) is 51.0 Å². The van der Waals surface area contributed by atoms with Gasteiger partial charge in [-0.15, -0.1) is 0 Å². The molecule has 86 valence electrons. The lowest BCUT2D eigenvalue weighted by Crippen LogP contribution is -2.55. The van der Waals surface area contributed by atoms with Gasteiger partial charge in [-0.2, -0.15) is 0 Å². The van der Waals surface area contributed by atoms with Crippen molar-refractivity contribution < 1.29 is 9.90 Å². The van der Waals surface area contributed by atoms with E-state index in [1.54, 1.807) is 0 Å². The first-order valence-electron chi connectivity index (χ1n) is 6.10. The van der Waals surface area contributed by atoms with Gasteiger partial charge in [-0.05, 0) is 37.5 Å². The van der Waals surface area contributed by atoms with E-state index in [9.17, 15) is 9.90 Å². The highest BCUT2D eigenvalue weighted by molar-refractivity contribution is 5.77. The van der Waals surface area contributed by atoms with Gasteiger partial charge in [-0.1, -0.05) is 13.3 Å². The number of hydrogen-bond donors (Lipinski definition) is 2. The summed E-state index contributed by atoms with van der Waals surface area (Å²) >= 11 is 0. The number of nitrogens with one attached hydrogen (secondary N) is 1. The van der Waals surface area contributed by atoms with Gasteiger partial charge in [0.2, 0.25) is 5.91 Å². The van der Waals surface area contributed by atoms with Gasteiger partial charge in [0.1, 0.15) is 0 Å². The fourth-order valence-electron chi connectivity index (χ4n) is 3.49. The fourth-order valence-corrected chi connectivity index (χ4v) is 3.49. The third-order valence-electron chi connectivity index (χ3n) is 4.24. The molecule has 3 atom stereocenters. The van der Waals surface area contributed by atoms with Crippen LogP contribution in [0.5, 0.6) is 0 Å². The van der Waals surface area contributed by atoms with Crippen molar-refractivity contribution in [3.63, 3.8) is 0 Å². The Balaban J connectivity index is 2.14. The molecule has 0 aromatic rings. The molecule has 1 saturated heterocycles. The number of amides is 1. The van der Waals surface area contributed by atoms with Crippen LogP contribution in [0.4, 0.5) is 0 Å².